The van der Waals surface area contributed by atoms with Crippen molar-refractivity contribution >= 4 is 5.69 Å². The lowest BCUT2D eigenvalue weighted by molar-refractivity contribution is 0.283. The molecule has 2 rings (SSSR count). The summed E-state index contributed by atoms with van der Waals surface area (Å²) in [5.41, 5.74) is 6.80. The summed E-state index contributed by atoms with van der Waals surface area (Å²) in [6.07, 6.45) is 5.07. The highest BCUT2D eigenvalue weighted by molar-refractivity contribution is 5.45. The van der Waals surface area contributed by atoms with Crippen molar-refractivity contribution in [1.82, 2.24) is 0 Å². The average Bonchev–Trinajstić information content (AvgIpc) is 2.40. The maximum atomic E-state index is 12.9. The summed E-state index contributed by atoms with van der Waals surface area (Å²) in [4.78, 5) is 2.23. The second-order valence-corrected chi connectivity index (χ2v) is 5.48. The summed E-state index contributed by atoms with van der Waals surface area (Å²) in [6.45, 7) is 1.89. The molecule has 0 atom stereocenters. The van der Waals surface area contributed by atoms with Gasteiger partial charge in [-0.25, -0.2) is 4.39 Å². The predicted octanol–water partition coefficient (Wildman–Crippen LogP) is 3.03. The Morgan fingerprint density at radius 3 is 2.22 bits per heavy atom. The molecule has 0 heterocycles. The van der Waals surface area contributed by atoms with Crippen LogP contribution in [-0.4, -0.2) is 20.1 Å². The van der Waals surface area contributed by atoms with Gasteiger partial charge in [-0.05, 0) is 68.3 Å². The van der Waals surface area contributed by atoms with Crippen molar-refractivity contribution in [1.29, 1.82) is 0 Å². The Morgan fingerprint density at radius 1 is 1.11 bits per heavy atom. The molecule has 0 aliphatic heterocycles. The normalized spacial score (nSPS) is 23.9. The van der Waals surface area contributed by atoms with E-state index < -0.39 is 0 Å². The van der Waals surface area contributed by atoms with E-state index in [1.54, 1.807) is 0 Å². The van der Waals surface area contributed by atoms with E-state index >= 15 is 0 Å². The number of nitrogens with zero attached hydrogens (tertiary/aromatic N) is 1. The first-order valence-corrected chi connectivity index (χ1v) is 6.86. The standard InChI is InChI=1S/C15H23FN2/c1-18(15-8-6-14(16)7-9-15)11-13-4-2-12(10-17)3-5-13/h6-9,12-13H,2-5,10-11,17H2,1H3. The van der Waals surface area contributed by atoms with Crippen LogP contribution in [0, 0.1) is 17.7 Å². The molecule has 0 saturated heterocycles. The summed E-state index contributed by atoms with van der Waals surface area (Å²) >= 11 is 0. The van der Waals surface area contributed by atoms with Crippen molar-refractivity contribution in [2.45, 2.75) is 25.7 Å². The highest BCUT2D eigenvalue weighted by Crippen LogP contribution is 2.29. The van der Waals surface area contributed by atoms with E-state index in [0.717, 1.165) is 30.6 Å². The van der Waals surface area contributed by atoms with Crippen LogP contribution in [0.2, 0.25) is 0 Å². The van der Waals surface area contributed by atoms with Gasteiger partial charge in [0.1, 0.15) is 5.82 Å². The quantitative estimate of drug-likeness (QED) is 0.890. The highest BCUT2D eigenvalue weighted by atomic mass is 19.1. The molecule has 0 aromatic heterocycles. The van der Waals surface area contributed by atoms with Crippen LogP contribution in [0.15, 0.2) is 24.3 Å². The second kappa shape index (κ2) is 6.19. The van der Waals surface area contributed by atoms with Crippen LogP contribution in [0.1, 0.15) is 25.7 Å². The number of halogens is 1. The third-order valence-corrected chi connectivity index (χ3v) is 4.10. The zero-order chi connectivity index (χ0) is 13.0. The van der Waals surface area contributed by atoms with Crippen molar-refractivity contribution in [3.63, 3.8) is 0 Å². The molecular formula is C15H23FN2. The molecule has 1 aliphatic carbocycles. The Balaban J connectivity index is 1.84. The monoisotopic (exact) mass is 250 g/mol. The number of benzene rings is 1. The van der Waals surface area contributed by atoms with E-state index in [9.17, 15) is 4.39 Å². The second-order valence-electron chi connectivity index (χ2n) is 5.48. The lowest BCUT2D eigenvalue weighted by Crippen LogP contribution is -2.30. The van der Waals surface area contributed by atoms with Gasteiger partial charge in [-0.2, -0.15) is 0 Å². The van der Waals surface area contributed by atoms with E-state index in [1.807, 2.05) is 12.1 Å². The van der Waals surface area contributed by atoms with E-state index in [2.05, 4.69) is 11.9 Å². The number of nitrogens with two attached hydrogens (primary N) is 1. The molecule has 0 unspecified atom stereocenters. The van der Waals surface area contributed by atoms with Crippen LogP contribution in [-0.2, 0) is 0 Å². The molecule has 1 aliphatic rings. The molecule has 100 valence electrons. The van der Waals surface area contributed by atoms with Crippen LogP contribution in [0.4, 0.5) is 10.1 Å². The molecule has 2 nitrogen and oxygen atoms in total. The van der Waals surface area contributed by atoms with Gasteiger partial charge in [-0.3, -0.25) is 0 Å². The molecule has 1 saturated carbocycles. The van der Waals surface area contributed by atoms with Gasteiger partial charge in [0.25, 0.3) is 0 Å². The minimum absolute atomic E-state index is 0.171. The minimum Gasteiger partial charge on any atom is -0.374 e. The maximum absolute atomic E-state index is 12.9. The van der Waals surface area contributed by atoms with E-state index in [-0.39, 0.29) is 5.82 Å². The molecule has 1 aromatic rings. The lowest BCUT2D eigenvalue weighted by Gasteiger charge is -2.31. The maximum Gasteiger partial charge on any atom is 0.123 e. The molecule has 0 spiro atoms. The van der Waals surface area contributed by atoms with E-state index in [4.69, 9.17) is 5.73 Å². The van der Waals surface area contributed by atoms with E-state index in [0.29, 0.717) is 0 Å². The van der Waals surface area contributed by atoms with Crippen molar-refractivity contribution in [2.75, 3.05) is 25.0 Å². The highest BCUT2D eigenvalue weighted by Gasteiger charge is 2.21. The largest absolute Gasteiger partial charge is 0.374 e. The fourth-order valence-corrected chi connectivity index (χ4v) is 2.84. The lowest BCUT2D eigenvalue weighted by atomic mass is 9.82. The average molecular weight is 250 g/mol. The molecule has 2 N–H and O–H groups in total. The van der Waals surface area contributed by atoms with Gasteiger partial charge < -0.3 is 10.6 Å². The number of hydrogen-bond acceptors (Lipinski definition) is 2. The zero-order valence-electron chi connectivity index (χ0n) is 11.1. The van der Waals surface area contributed by atoms with Gasteiger partial charge in [-0.1, -0.05) is 0 Å². The molecular weight excluding hydrogens is 227 g/mol. The SMILES string of the molecule is CN(CC1CCC(CN)CC1)c1ccc(F)cc1. The van der Waals surface area contributed by atoms with Crippen LogP contribution in [0.5, 0.6) is 0 Å². The molecule has 0 radical (unpaired) electrons. The van der Waals surface area contributed by atoms with Crippen LogP contribution < -0.4 is 10.6 Å². The van der Waals surface area contributed by atoms with Gasteiger partial charge in [0.2, 0.25) is 0 Å². The summed E-state index contributed by atoms with van der Waals surface area (Å²) in [5.74, 6) is 1.32. The Labute approximate surface area is 109 Å². The molecule has 1 aromatic carbocycles. The van der Waals surface area contributed by atoms with Crippen molar-refractivity contribution in [3.8, 4) is 0 Å². The topological polar surface area (TPSA) is 29.3 Å². The smallest absolute Gasteiger partial charge is 0.123 e. The molecule has 0 bridgehead atoms. The summed E-state index contributed by atoms with van der Waals surface area (Å²) in [5, 5.41) is 0. The molecule has 0 amide bonds. The van der Waals surface area contributed by atoms with Crippen LogP contribution in [0.25, 0.3) is 0 Å². The Hall–Kier alpha value is -1.09. The van der Waals surface area contributed by atoms with Crippen LogP contribution >= 0.6 is 0 Å². The van der Waals surface area contributed by atoms with Gasteiger partial charge >= 0.3 is 0 Å². The number of anilines is 1. The number of hydrogen-bond donors (Lipinski definition) is 1. The zero-order valence-corrected chi connectivity index (χ0v) is 11.1. The van der Waals surface area contributed by atoms with Crippen molar-refractivity contribution in [3.05, 3.63) is 30.1 Å². The molecule has 3 heteroatoms. The molecule has 1 fully saturated rings. The molecule has 18 heavy (non-hydrogen) atoms. The predicted molar refractivity (Wildman–Crippen MR) is 74.2 cm³/mol. The minimum atomic E-state index is -0.171. The summed E-state index contributed by atoms with van der Waals surface area (Å²) in [6, 6.07) is 6.75. The summed E-state index contributed by atoms with van der Waals surface area (Å²) in [7, 11) is 2.09. The third kappa shape index (κ3) is 3.45. The van der Waals surface area contributed by atoms with Gasteiger partial charge in [0, 0.05) is 19.3 Å². The fraction of sp³-hybridized carbons (Fsp3) is 0.600. The third-order valence-electron chi connectivity index (χ3n) is 4.10. The summed E-state index contributed by atoms with van der Waals surface area (Å²) < 4.78 is 12.9. The Bertz CT molecular complexity index is 355. The Morgan fingerprint density at radius 2 is 1.67 bits per heavy atom. The van der Waals surface area contributed by atoms with Crippen molar-refractivity contribution in [2.24, 2.45) is 17.6 Å². The van der Waals surface area contributed by atoms with Gasteiger partial charge in [-0.15, -0.1) is 0 Å². The fourth-order valence-electron chi connectivity index (χ4n) is 2.84. The van der Waals surface area contributed by atoms with Crippen molar-refractivity contribution < 1.29 is 4.39 Å². The first kappa shape index (κ1) is 13.3. The first-order valence-electron chi connectivity index (χ1n) is 6.86. The van der Waals surface area contributed by atoms with E-state index in [1.165, 1.54) is 37.8 Å². The first-order chi connectivity index (χ1) is 8.69. The van der Waals surface area contributed by atoms with Crippen LogP contribution in [0.3, 0.4) is 0 Å². The van der Waals surface area contributed by atoms with Gasteiger partial charge in [0.05, 0.1) is 0 Å². The Kier molecular flexibility index (Phi) is 4.59. The van der Waals surface area contributed by atoms with Gasteiger partial charge in [0.15, 0.2) is 0 Å². The number of rotatable bonds is 4.